The summed E-state index contributed by atoms with van der Waals surface area (Å²) >= 11 is 0. The van der Waals surface area contributed by atoms with Gasteiger partial charge in [-0.2, -0.15) is 0 Å². The van der Waals surface area contributed by atoms with Gasteiger partial charge in [0.05, 0.1) is 0 Å². The molecule has 0 saturated carbocycles. The molecule has 0 unspecified atom stereocenters. The van der Waals surface area contributed by atoms with E-state index in [1.807, 2.05) is 0 Å². The highest BCUT2D eigenvalue weighted by Gasteiger charge is 1.79. The molecule has 9 heavy (non-hydrogen) atoms. The molecule has 0 fully saturated rings. The number of rotatable bonds is 4. The third-order valence-corrected chi connectivity index (χ3v) is 0.925. The Morgan fingerprint density at radius 1 is 1.44 bits per heavy atom. The Bertz CT molecular complexity index is 88.2. The van der Waals surface area contributed by atoms with Crippen LogP contribution in [-0.4, -0.2) is 17.5 Å². The highest BCUT2D eigenvalue weighted by Crippen LogP contribution is 1.92. The molecule has 0 aliphatic rings. The third kappa shape index (κ3) is 11.2. The van der Waals surface area contributed by atoms with Crippen molar-refractivity contribution in [3.8, 4) is 0 Å². The van der Waals surface area contributed by atoms with Crippen LogP contribution in [-0.2, 0) is 0 Å². The fraction of sp³-hybridized carbons (Fsp3) is 1.00. The smallest absolute Gasteiger partial charge is 0.0257 e. The summed E-state index contributed by atoms with van der Waals surface area (Å²) in [6.45, 7) is 2.78. The molecule has 3 nitrogen and oxygen atoms in total. The Kier molecular flexibility index (Phi) is 13.2. The molecule has 0 spiro atoms. The summed E-state index contributed by atoms with van der Waals surface area (Å²) in [7, 11) is 0. The zero-order chi connectivity index (χ0) is 6.24. The first-order chi connectivity index (χ1) is 3.91. The zero-order valence-corrected chi connectivity index (χ0v) is 5.17. The molecule has 0 bridgehead atoms. The maximum Gasteiger partial charge on any atom is 0.0257 e. The van der Waals surface area contributed by atoms with E-state index in [0.717, 1.165) is 6.42 Å². The van der Waals surface area contributed by atoms with Gasteiger partial charge in [0.1, 0.15) is 0 Å². The van der Waals surface area contributed by atoms with E-state index in [0.29, 0.717) is 6.54 Å². The van der Waals surface area contributed by atoms with Crippen molar-refractivity contribution in [2.75, 3.05) is 6.54 Å². The van der Waals surface area contributed by atoms with Gasteiger partial charge in [-0.05, 0) is 22.9 Å². The maximum atomic E-state index is 7.82. The Labute approximate surface area is 60.1 Å². The molecule has 54 valence electrons. The van der Waals surface area contributed by atoms with Gasteiger partial charge < -0.3 is 0 Å². The van der Waals surface area contributed by atoms with E-state index >= 15 is 0 Å². The first kappa shape index (κ1) is 11.3. The van der Waals surface area contributed by atoms with Crippen molar-refractivity contribution >= 4 is 11.0 Å². The monoisotopic (exact) mass is 145 g/mol. The van der Waals surface area contributed by atoms with E-state index in [1.54, 1.807) is 0 Å². The minimum Gasteiger partial charge on any atom is -0.0940 e. The molecule has 0 saturated heterocycles. The third-order valence-electron chi connectivity index (χ3n) is 0.925. The van der Waals surface area contributed by atoms with Crippen molar-refractivity contribution in [3.63, 3.8) is 0 Å². The summed E-state index contributed by atoms with van der Waals surface area (Å²) < 4.78 is 0. The minimum absolute atomic E-state index is 0. The molecule has 0 heterocycles. The highest BCUT2D eigenvalue weighted by atomic mass is 28.1. The van der Waals surface area contributed by atoms with Crippen LogP contribution in [0.5, 0.6) is 0 Å². The number of nitrogens with zero attached hydrogens (tertiary/aromatic N) is 3. The largest absolute Gasteiger partial charge is 0.0940 e. The first-order valence-electron chi connectivity index (χ1n) is 2.92. The van der Waals surface area contributed by atoms with E-state index < -0.39 is 0 Å². The molecular weight excluding hydrogens is 130 g/mol. The van der Waals surface area contributed by atoms with Crippen LogP contribution < -0.4 is 0 Å². The molecule has 0 N–H and O–H groups in total. The highest BCUT2D eigenvalue weighted by molar-refractivity contribution is 5.75. The van der Waals surface area contributed by atoms with Gasteiger partial charge in [-0.1, -0.05) is 24.9 Å². The number of hydrogen-bond acceptors (Lipinski definition) is 1. The van der Waals surface area contributed by atoms with E-state index in [2.05, 4.69) is 16.9 Å². The lowest BCUT2D eigenvalue weighted by Crippen LogP contribution is -1.76. The van der Waals surface area contributed by atoms with Gasteiger partial charge >= 0.3 is 0 Å². The van der Waals surface area contributed by atoms with Crippen LogP contribution in [0.2, 0.25) is 0 Å². The van der Waals surface area contributed by atoms with Crippen LogP contribution in [0.3, 0.4) is 0 Å². The standard InChI is InChI=1S/C5H11N3.H4Si/c1-2-3-4-5-7-8-6;/h2-5H2,1H3;1H4. The molecule has 0 aromatic rings. The minimum atomic E-state index is 0. The fourth-order valence-corrected chi connectivity index (χ4v) is 0.477. The van der Waals surface area contributed by atoms with Gasteiger partial charge in [-0.3, -0.25) is 0 Å². The number of unbranched alkanes of at least 4 members (excludes halogenated alkanes) is 2. The lowest BCUT2D eigenvalue weighted by Gasteiger charge is -1.86. The molecule has 0 radical (unpaired) electrons. The second-order valence-electron chi connectivity index (χ2n) is 1.66. The second kappa shape index (κ2) is 10.5. The molecule has 0 aliphatic heterocycles. The predicted molar refractivity (Wildman–Crippen MR) is 44.9 cm³/mol. The maximum absolute atomic E-state index is 7.82. The van der Waals surface area contributed by atoms with Crippen molar-refractivity contribution < 1.29 is 0 Å². The molecular formula is C5H15N3Si. The van der Waals surface area contributed by atoms with Gasteiger partial charge in [0.25, 0.3) is 0 Å². The van der Waals surface area contributed by atoms with Crippen LogP contribution >= 0.6 is 0 Å². The fourth-order valence-electron chi connectivity index (χ4n) is 0.477. The summed E-state index contributed by atoms with van der Waals surface area (Å²) in [6.07, 6.45) is 3.38. The van der Waals surface area contributed by atoms with Crippen LogP contribution in [0, 0.1) is 0 Å². The lowest BCUT2D eigenvalue weighted by molar-refractivity contribution is 0.725. The van der Waals surface area contributed by atoms with Crippen molar-refractivity contribution in [1.82, 2.24) is 0 Å². The Hall–Kier alpha value is -0.473. The van der Waals surface area contributed by atoms with Crippen molar-refractivity contribution in [3.05, 3.63) is 10.4 Å². The summed E-state index contributed by atoms with van der Waals surface area (Å²) in [5.41, 5.74) is 7.82. The molecule has 0 aromatic carbocycles. The average Bonchev–Trinajstić information content (AvgIpc) is 1.81. The lowest BCUT2D eigenvalue weighted by atomic mass is 10.3. The van der Waals surface area contributed by atoms with E-state index in [4.69, 9.17) is 5.53 Å². The van der Waals surface area contributed by atoms with Crippen molar-refractivity contribution in [2.45, 2.75) is 26.2 Å². The quantitative estimate of drug-likeness (QED) is 0.186. The van der Waals surface area contributed by atoms with Gasteiger partial charge in [-0.25, -0.2) is 0 Å². The summed E-state index contributed by atoms with van der Waals surface area (Å²) in [5.74, 6) is 0. The summed E-state index contributed by atoms with van der Waals surface area (Å²) in [5, 5.41) is 3.39. The summed E-state index contributed by atoms with van der Waals surface area (Å²) in [6, 6.07) is 0. The SMILES string of the molecule is CCCCCN=[N+]=[N-].[SiH4]. The van der Waals surface area contributed by atoms with E-state index in [9.17, 15) is 0 Å². The Balaban J connectivity index is 0. The van der Waals surface area contributed by atoms with E-state index in [-0.39, 0.29) is 11.0 Å². The van der Waals surface area contributed by atoms with Crippen LogP contribution in [0.15, 0.2) is 5.11 Å². The van der Waals surface area contributed by atoms with Gasteiger partial charge in [0.2, 0.25) is 0 Å². The van der Waals surface area contributed by atoms with Crippen LogP contribution in [0.25, 0.3) is 10.4 Å². The number of hydrogen-bond donors (Lipinski definition) is 0. The van der Waals surface area contributed by atoms with Gasteiger partial charge in [0.15, 0.2) is 0 Å². The topological polar surface area (TPSA) is 48.8 Å². The van der Waals surface area contributed by atoms with Crippen molar-refractivity contribution in [2.24, 2.45) is 5.11 Å². The average molecular weight is 145 g/mol. The normalized spacial score (nSPS) is 7.22. The van der Waals surface area contributed by atoms with Crippen molar-refractivity contribution in [1.29, 1.82) is 0 Å². The summed E-state index contributed by atoms with van der Waals surface area (Å²) in [4.78, 5) is 2.63. The second-order valence-corrected chi connectivity index (χ2v) is 1.66. The molecule has 0 amide bonds. The van der Waals surface area contributed by atoms with Crippen LogP contribution in [0.4, 0.5) is 0 Å². The number of azide groups is 1. The van der Waals surface area contributed by atoms with Gasteiger partial charge in [0, 0.05) is 11.5 Å². The first-order valence-corrected chi connectivity index (χ1v) is 2.92. The molecule has 0 aliphatic carbocycles. The van der Waals surface area contributed by atoms with Crippen LogP contribution in [0.1, 0.15) is 26.2 Å². The van der Waals surface area contributed by atoms with Gasteiger partial charge in [-0.15, -0.1) is 0 Å². The molecule has 0 rings (SSSR count). The molecule has 0 aromatic heterocycles. The molecule has 4 heteroatoms. The van der Waals surface area contributed by atoms with E-state index in [1.165, 1.54) is 12.8 Å². The Morgan fingerprint density at radius 3 is 2.56 bits per heavy atom. The molecule has 0 atom stereocenters. The zero-order valence-electron chi connectivity index (χ0n) is 5.17. The predicted octanol–water partition coefficient (Wildman–Crippen LogP) is 1.04. The Morgan fingerprint density at radius 2 is 2.11 bits per heavy atom.